The van der Waals surface area contributed by atoms with E-state index in [0.29, 0.717) is 12.0 Å². The van der Waals surface area contributed by atoms with Crippen LogP contribution >= 0.6 is 0 Å². The monoisotopic (exact) mass is 293 g/mol. The number of hydrogen-bond acceptors (Lipinski definition) is 2. The average Bonchev–Trinajstić information content (AvgIpc) is 2.57. The lowest BCUT2D eigenvalue weighted by atomic mass is 9.95. The van der Waals surface area contributed by atoms with Gasteiger partial charge in [-0.1, -0.05) is 60.7 Å². The summed E-state index contributed by atoms with van der Waals surface area (Å²) in [6.45, 7) is 3.23. The Bertz CT molecular complexity index is 608. The van der Waals surface area contributed by atoms with E-state index in [9.17, 15) is 0 Å². The van der Waals surface area contributed by atoms with Crippen LogP contribution in [0.5, 0.6) is 0 Å². The predicted octanol–water partition coefficient (Wildman–Crippen LogP) is 4.38. The molecule has 0 aliphatic carbocycles. The molecule has 3 unspecified atom stereocenters. The Kier molecular flexibility index (Phi) is 4.59. The Hall–Kier alpha value is -2.06. The molecule has 1 heterocycles. The van der Waals surface area contributed by atoms with Crippen molar-refractivity contribution in [3.8, 4) is 0 Å². The van der Waals surface area contributed by atoms with Crippen LogP contribution in [0.3, 0.4) is 0 Å². The summed E-state index contributed by atoms with van der Waals surface area (Å²) in [7, 11) is 2.18. The van der Waals surface area contributed by atoms with Crippen molar-refractivity contribution in [3.63, 3.8) is 0 Å². The van der Waals surface area contributed by atoms with Gasteiger partial charge in [-0.15, -0.1) is 0 Å². The molecule has 2 aromatic rings. The summed E-state index contributed by atoms with van der Waals surface area (Å²) in [4.78, 5) is 2.39. The standard InChI is InChI=1S/C20H23NO/c1-16-20(18-11-7-4-8-12-18)22-14-13-19(15-21(16)2)17-9-5-3-6-10-17/h3-14,16,19-20H,15H2,1-2H3. The molecule has 114 valence electrons. The van der Waals surface area contributed by atoms with Crippen molar-refractivity contribution in [2.24, 2.45) is 0 Å². The molecule has 0 saturated carbocycles. The van der Waals surface area contributed by atoms with Crippen LogP contribution in [0, 0.1) is 0 Å². The fourth-order valence-corrected chi connectivity index (χ4v) is 3.02. The van der Waals surface area contributed by atoms with Gasteiger partial charge in [0.2, 0.25) is 0 Å². The number of benzene rings is 2. The molecule has 22 heavy (non-hydrogen) atoms. The molecule has 0 amide bonds. The van der Waals surface area contributed by atoms with Crippen LogP contribution in [-0.4, -0.2) is 24.5 Å². The second-order valence-corrected chi connectivity index (χ2v) is 5.99. The molecule has 1 aliphatic rings. The second-order valence-electron chi connectivity index (χ2n) is 5.99. The first-order chi connectivity index (χ1) is 10.8. The van der Waals surface area contributed by atoms with E-state index in [-0.39, 0.29) is 6.10 Å². The van der Waals surface area contributed by atoms with Crippen LogP contribution in [-0.2, 0) is 4.74 Å². The summed E-state index contributed by atoms with van der Waals surface area (Å²) in [6.07, 6.45) is 4.13. The van der Waals surface area contributed by atoms with Gasteiger partial charge in [-0.25, -0.2) is 0 Å². The first kappa shape index (κ1) is 14.9. The fourth-order valence-electron chi connectivity index (χ4n) is 3.02. The van der Waals surface area contributed by atoms with Gasteiger partial charge in [0, 0.05) is 18.5 Å². The summed E-state index contributed by atoms with van der Waals surface area (Å²) in [6, 6.07) is 21.4. The third-order valence-corrected chi connectivity index (χ3v) is 4.51. The Morgan fingerprint density at radius 1 is 0.909 bits per heavy atom. The normalized spacial score (nSPS) is 26.0. The summed E-state index contributed by atoms with van der Waals surface area (Å²) in [5, 5.41) is 0. The zero-order chi connectivity index (χ0) is 15.4. The van der Waals surface area contributed by atoms with Crippen molar-refractivity contribution in [2.45, 2.75) is 25.0 Å². The molecule has 0 bridgehead atoms. The van der Waals surface area contributed by atoms with E-state index in [1.165, 1.54) is 11.1 Å². The fraction of sp³-hybridized carbons (Fsp3) is 0.300. The van der Waals surface area contributed by atoms with Gasteiger partial charge in [-0.2, -0.15) is 0 Å². The Balaban J connectivity index is 1.84. The van der Waals surface area contributed by atoms with Crippen LogP contribution in [0.4, 0.5) is 0 Å². The highest BCUT2D eigenvalue weighted by Gasteiger charge is 2.27. The van der Waals surface area contributed by atoms with Crippen molar-refractivity contribution in [3.05, 3.63) is 84.1 Å². The average molecular weight is 293 g/mol. The zero-order valence-electron chi connectivity index (χ0n) is 13.2. The quantitative estimate of drug-likeness (QED) is 0.815. The predicted molar refractivity (Wildman–Crippen MR) is 90.7 cm³/mol. The molecular weight excluding hydrogens is 270 g/mol. The first-order valence-electron chi connectivity index (χ1n) is 7.88. The van der Waals surface area contributed by atoms with E-state index in [1.807, 2.05) is 12.3 Å². The van der Waals surface area contributed by atoms with Gasteiger partial charge >= 0.3 is 0 Å². The van der Waals surface area contributed by atoms with Gasteiger partial charge in [0.25, 0.3) is 0 Å². The van der Waals surface area contributed by atoms with Crippen LogP contribution in [0.2, 0.25) is 0 Å². The number of nitrogens with zero attached hydrogens (tertiary/aromatic N) is 1. The number of hydrogen-bond donors (Lipinski definition) is 0. The van der Waals surface area contributed by atoms with E-state index >= 15 is 0 Å². The van der Waals surface area contributed by atoms with Crippen LogP contribution in [0.15, 0.2) is 73.0 Å². The summed E-state index contributed by atoms with van der Waals surface area (Å²) < 4.78 is 6.08. The van der Waals surface area contributed by atoms with Gasteiger partial charge in [0.15, 0.2) is 0 Å². The number of ether oxygens (including phenoxy) is 1. The molecule has 2 nitrogen and oxygen atoms in total. The molecule has 0 N–H and O–H groups in total. The molecule has 0 aromatic heterocycles. The highest BCUT2D eigenvalue weighted by molar-refractivity contribution is 5.25. The largest absolute Gasteiger partial charge is 0.492 e. The van der Waals surface area contributed by atoms with E-state index < -0.39 is 0 Å². The van der Waals surface area contributed by atoms with Gasteiger partial charge in [-0.3, -0.25) is 4.90 Å². The third-order valence-electron chi connectivity index (χ3n) is 4.51. The molecular formula is C20H23NO. The van der Waals surface area contributed by atoms with Crippen molar-refractivity contribution in [1.29, 1.82) is 0 Å². The minimum absolute atomic E-state index is 0.0687. The molecule has 3 rings (SSSR count). The number of likely N-dealkylation sites (N-methyl/N-ethyl adjacent to an activating group) is 1. The minimum atomic E-state index is 0.0687. The zero-order valence-corrected chi connectivity index (χ0v) is 13.2. The van der Waals surface area contributed by atoms with Crippen molar-refractivity contribution in [2.75, 3.05) is 13.6 Å². The molecule has 0 spiro atoms. The molecule has 3 atom stereocenters. The summed E-state index contributed by atoms with van der Waals surface area (Å²) in [5.41, 5.74) is 2.56. The molecule has 2 heteroatoms. The van der Waals surface area contributed by atoms with E-state index in [2.05, 4.69) is 79.5 Å². The lowest BCUT2D eigenvalue weighted by Crippen LogP contribution is -2.38. The first-order valence-corrected chi connectivity index (χ1v) is 7.88. The summed E-state index contributed by atoms with van der Waals surface area (Å²) in [5.74, 6) is 0.366. The van der Waals surface area contributed by atoms with E-state index in [4.69, 9.17) is 4.74 Å². The van der Waals surface area contributed by atoms with Crippen molar-refractivity contribution >= 4 is 0 Å². The Labute approximate surface area is 133 Å². The molecule has 0 saturated heterocycles. The lowest BCUT2D eigenvalue weighted by Gasteiger charge is -2.35. The third kappa shape index (κ3) is 3.23. The van der Waals surface area contributed by atoms with E-state index in [0.717, 1.165) is 6.54 Å². The van der Waals surface area contributed by atoms with Crippen LogP contribution in [0.25, 0.3) is 0 Å². The SMILES string of the molecule is CC1C(c2ccccc2)OC=CC(c2ccccc2)CN1C. The van der Waals surface area contributed by atoms with Gasteiger partial charge in [0.05, 0.1) is 6.26 Å². The Morgan fingerprint density at radius 2 is 1.50 bits per heavy atom. The maximum absolute atomic E-state index is 6.08. The lowest BCUT2D eigenvalue weighted by molar-refractivity contribution is 0.0483. The van der Waals surface area contributed by atoms with Crippen molar-refractivity contribution in [1.82, 2.24) is 4.90 Å². The number of rotatable bonds is 2. The molecule has 1 aliphatic heterocycles. The molecule has 2 aromatic carbocycles. The summed E-state index contributed by atoms with van der Waals surface area (Å²) >= 11 is 0. The van der Waals surface area contributed by atoms with Crippen LogP contribution < -0.4 is 0 Å². The van der Waals surface area contributed by atoms with Gasteiger partial charge in [-0.05, 0) is 31.2 Å². The highest BCUT2D eigenvalue weighted by Crippen LogP contribution is 2.29. The maximum atomic E-state index is 6.08. The van der Waals surface area contributed by atoms with Gasteiger partial charge in [0.1, 0.15) is 6.10 Å². The maximum Gasteiger partial charge on any atom is 0.138 e. The smallest absolute Gasteiger partial charge is 0.138 e. The van der Waals surface area contributed by atoms with Crippen LogP contribution in [0.1, 0.15) is 30.1 Å². The minimum Gasteiger partial charge on any atom is -0.492 e. The molecule has 0 radical (unpaired) electrons. The Morgan fingerprint density at radius 3 is 2.14 bits per heavy atom. The molecule has 0 fully saturated rings. The van der Waals surface area contributed by atoms with E-state index in [1.54, 1.807) is 0 Å². The highest BCUT2D eigenvalue weighted by atomic mass is 16.5. The van der Waals surface area contributed by atoms with Gasteiger partial charge < -0.3 is 4.74 Å². The van der Waals surface area contributed by atoms with Crippen molar-refractivity contribution < 1.29 is 4.74 Å². The second kappa shape index (κ2) is 6.80. The topological polar surface area (TPSA) is 12.5 Å².